The SMILES string of the molecule is COC1[C@@H](O)[C@H](O)[C@H]2O[C@]1(O)CCC(=O)OC(c1ccccc1)[C@H](O)C(C)C[C@@H]2C. The molecule has 30 heavy (non-hydrogen) atoms. The highest BCUT2D eigenvalue weighted by molar-refractivity contribution is 5.70. The molecule has 0 aliphatic carbocycles. The van der Waals surface area contributed by atoms with Gasteiger partial charge in [-0.15, -0.1) is 0 Å². The van der Waals surface area contributed by atoms with Crippen molar-refractivity contribution in [2.75, 3.05) is 7.11 Å². The van der Waals surface area contributed by atoms with Crippen LogP contribution in [0.25, 0.3) is 0 Å². The van der Waals surface area contributed by atoms with Crippen molar-refractivity contribution < 1.29 is 39.4 Å². The van der Waals surface area contributed by atoms with Crippen LogP contribution in [0, 0.1) is 11.8 Å². The van der Waals surface area contributed by atoms with Crippen molar-refractivity contribution in [2.45, 2.75) is 75.5 Å². The summed E-state index contributed by atoms with van der Waals surface area (Å²) in [7, 11) is 1.30. The summed E-state index contributed by atoms with van der Waals surface area (Å²) in [5.41, 5.74) is 0.676. The molecule has 1 aromatic carbocycles. The first-order valence-corrected chi connectivity index (χ1v) is 10.4. The summed E-state index contributed by atoms with van der Waals surface area (Å²) >= 11 is 0. The number of rotatable bonds is 2. The first kappa shape index (κ1) is 23.1. The molecule has 2 aliphatic rings. The van der Waals surface area contributed by atoms with Crippen LogP contribution in [0.1, 0.15) is 44.8 Å². The molecular formula is C22H32O8. The van der Waals surface area contributed by atoms with Gasteiger partial charge in [0.15, 0.2) is 11.9 Å². The Hall–Kier alpha value is -1.55. The zero-order chi connectivity index (χ0) is 22.1. The van der Waals surface area contributed by atoms with Crippen LogP contribution in [-0.4, -0.2) is 69.8 Å². The van der Waals surface area contributed by atoms with Crippen molar-refractivity contribution in [1.82, 2.24) is 0 Å². The van der Waals surface area contributed by atoms with Crippen molar-refractivity contribution in [1.29, 1.82) is 0 Å². The number of carbonyl (C=O) groups excluding carboxylic acids is 1. The molecule has 0 aromatic heterocycles. The van der Waals surface area contributed by atoms with Crippen LogP contribution in [0.3, 0.4) is 0 Å². The molecule has 1 aromatic rings. The van der Waals surface area contributed by atoms with E-state index in [0.717, 1.165) is 0 Å². The Kier molecular flexibility index (Phi) is 7.16. The van der Waals surface area contributed by atoms with Gasteiger partial charge in [0.25, 0.3) is 0 Å². The maximum atomic E-state index is 12.6. The number of benzene rings is 1. The van der Waals surface area contributed by atoms with Crippen molar-refractivity contribution in [3.8, 4) is 0 Å². The van der Waals surface area contributed by atoms with E-state index in [2.05, 4.69) is 0 Å². The largest absolute Gasteiger partial charge is 0.455 e. The Bertz CT molecular complexity index is 712. The molecule has 8 nitrogen and oxygen atoms in total. The fourth-order valence-corrected chi connectivity index (χ4v) is 4.61. The van der Waals surface area contributed by atoms with E-state index in [4.69, 9.17) is 14.2 Å². The van der Waals surface area contributed by atoms with Gasteiger partial charge in [0, 0.05) is 13.5 Å². The third kappa shape index (κ3) is 4.54. The fraction of sp³-hybridized carbons (Fsp3) is 0.682. The van der Waals surface area contributed by atoms with E-state index in [0.29, 0.717) is 12.0 Å². The predicted octanol–water partition coefficient (Wildman–Crippen LogP) is 0.912. The van der Waals surface area contributed by atoms with E-state index in [-0.39, 0.29) is 24.7 Å². The Morgan fingerprint density at radius 1 is 1.03 bits per heavy atom. The molecule has 9 atom stereocenters. The molecule has 2 saturated heterocycles. The molecule has 168 valence electrons. The Morgan fingerprint density at radius 3 is 2.33 bits per heavy atom. The van der Waals surface area contributed by atoms with Crippen molar-refractivity contribution in [3.05, 3.63) is 35.9 Å². The zero-order valence-corrected chi connectivity index (χ0v) is 17.5. The van der Waals surface area contributed by atoms with E-state index in [1.807, 2.05) is 19.9 Å². The molecule has 0 radical (unpaired) electrons. The standard InChI is InChI=1S/C22H32O8/c1-12-11-13(2)19-17(25)18(26)21(28-3)22(27,30-19)10-9-15(23)29-20(16(12)24)14-7-5-4-6-8-14/h4-8,12-13,16-21,24-27H,9-11H2,1-3H3/t12?,13-,16+,17-,18-,19-,20?,21?,22+/m0/s1. The minimum Gasteiger partial charge on any atom is -0.455 e. The van der Waals surface area contributed by atoms with Crippen molar-refractivity contribution in [2.24, 2.45) is 11.8 Å². The quantitative estimate of drug-likeness (QED) is 0.516. The Morgan fingerprint density at radius 2 is 1.70 bits per heavy atom. The number of aliphatic hydroxyl groups is 4. The molecule has 3 rings (SSSR count). The van der Waals surface area contributed by atoms with Gasteiger partial charge >= 0.3 is 5.97 Å². The lowest BCUT2D eigenvalue weighted by atomic mass is 9.80. The summed E-state index contributed by atoms with van der Waals surface area (Å²) in [4.78, 5) is 12.6. The summed E-state index contributed by atoms with van der Waals surface area (Å²) in [5.74, 6) is -3.21. The van der Waals surface area contributed by atoms with E-state index in [1.54, 1.807) is 24.3 Å². The van der Waals surface area contributed by atoms with Gasteiger partial charge in [-0.05, 0) is 23.8 Å². The average molecular weight is 424 g/mol. The second kappa shape index (κ2) is 9.30. The van der Waals surface area contributed by atoms with Gasteiger partial charge in [0.1, 0.15) is 18.3 Å². The highest BCUT2D eigenvalue weighted by Gasteiger charge is 2.55. The summed E-state index contributed by atoms with van der Waals surface area (Å²) in [6, 6.07) is 9.03. The monoisotopic (exact) mass is 424 g/mol. The number of ether oxygens (including phenoxy) is 3. The number of cyclic esters (lactones) is 1. The molecule has 8 heteroatoms. The highest BCUT2D eigenvalue weighted by Crippen LogP contribution is 2.39. The molecule has 3 unspecified atom stereocenters. The Balaban J connectivity index is 1.94. The zero-order valence-electron chi connectivity index (χ0n) is 17.5. The van der Waals surface area contributed by atoms with Crippen molar-refractivity contribution in [3.63, 3.8) is 0 Å². The first-order chi connectivity index (χ1) is 14.2. The van der Waals surface area contributed by atoms with E-state index in [9.17, 15) is 25.2 Å². The second-order valence-corrected chi connectivity index (χ2v) is 8.57. The maximum absolute atomic E-state index is 12.6. The topological polar surface area (TPSA) is 126 Å². The lowest BCUT2D eigenvalue weighted by Crippen LogP contribution is -2.66. The van der Waals surface area contributed by atoms with Crippen LogP contribution in [0.15, 0.2) is 30.3 Å². The first-order valence-electron chi connectivity index (χ1n) is 10.4. The molecule has 0 saturated carbocycles. The number of carbonyl (C=O) groups is 1. The van der Waals surface area contributed by atoms with Gasteiger partial charge in [-0.1, -0.05) is 44.2 Å². The Labute approximate surface area is 176 Å². The van der Waals surface area contributed by atoms with E-state index in [1.165, 1.54) is 7.11 Å². The van der Waals surface area contributed by atoms with Crippen LogP contribution in [0.2, 0.25) is 0 Å². The summed E-state index contributed by atoms with van der Waals surface area (Å²) < 4.78 is 16.6. The van der Waals surface area contributed by atoms with Crippen molar-refractivity contribution >= 4 is 5.97 Å². The average Bonchev–Trinajstić information content (AvgIpc) is 2.73. The minimum atomic E-state index is -1.96. The van der Waals surface area contributed by atoms with Crippen LogP contribution >= 0.6 is 0 Å². The molecule has 0 amide bonds. The van der Waals surface area contributed by atoms with Gasteiger partial charge in [0.05, 0.1) is 18.6 Å². The van der Waals surface area contributed by atoms with Gasteiger partial charge in [-0.2, -0.15) is 0 Å². The molecular weight excluding hydrogens is 392 g/mol. The number of hydrogen-bond donors (Lipinski definition) is 4. The number of aliphatic hydroxyl groups excluding tert-OH is 3. The van der Waals surface area contributed by atoms with E-state index < -0.39 is 48.4 Å². The third-order valence-electron chi connectivity index (χ3n) is 6.31. The lowest BCUT2D eigenvalue weighted by Gasteiger charge is -2.49. The minimum absolute atomic E-state index is 0.190. The van der Waals surface area contributed by atoms with Crippen LogP contribution in [0.5, 0.6) is 0 Å². The van der Waals surface area contributed by atoms with Gasteiger partial charge in [-0.3, -0.25) is 4.79 Å². The molecule has 2 aliphatic heterocycles. The fourth-order valence-electron chi connectivity index (χ4n) is 4.61. The highest BCUT2D eigenvalue weighted by atomic mass is 16.7. The van der Waals surface area contributed by atoms with E-state index >= 15 is 0 Å². The summed E-state index contributed by atoms with van der Waals surface area (Å²) in [6.45, 7) is 3.65. The number of hydrogen-bond acceptors (Lipinski definition) is 8. The molecule has 2 heterocycles. The number of fused-ring (bicyclic) bond motifs is 2. The van der Waals surface area contributed by atoms with Crippen LogP contribution < -0.4 is 0 Å². The third-order valence-corrected chi connectivity index (χ3v) is 6.31. The normalized spacial score (nSPS) is 43.2. The van der Waals surface area contributed by atoms with Gasteiger partial charge < -0.3 is 34.6 Å². The van der Waals surface area contributed by atoms with Crippen LogP contribution in [-0.2, 0) is 19.0 Å². The predicted molar refractivity (Wildman–Crippen MR) is 106 cm³/mol. The number of methoxy groups -OCH3 is 1. The summed E-state index contributed by atoms with van der Waals surface area (Å²) in [5, 5.41) is 43.2. The summed E-state index contributed by atoms with van der Waals surface area (Å²) in [6.07, 6.45) is -6.62. The lowest BCUT2D eigenvalue weighted by molar-refractivity contribution is -0.359. The number of esters is 1. The van der Waals surface area contributed by atoms with Crippen LogP contribution in [0.4, 0.5) is 0 Å². The van der Waals surface area contributed by atoms with Gasteiger partial charge in [-0.25, -0.2) is 0 Å². The maximum Gasteiger partial charge on any atom is 0.306 e. The van der Waals surface area contributed by atoms with Gasteiger partial charge in [0.2, 0.25) is 0 Å². The molecule has 2 fully saturated rings. The smallest absolute Gasteiger partial charge is 0.306 e. The molecule has 0 spiro atoms. The molecule has 4 N–H and O–H groups in total. The molecule has 2 bridgehead atoms. The second-order valence-electron chi connectivity index (χ2n) is 8.57.